The summed E-state index contributed by atoms with van der Waals surface area (Å²) in [5, 5.41) is 4.00. The summed E-state index contributed by atoms with van der Waals surface area (Å²) in [6, 6.07) is 20.8. The summed E-state index contributed by atoms with van der Waals surface area (Å²) in [5.41, 5.74) is 4.05. The third kappa shape index (κ3) is 4.72. The second-order valence-corrected chi connectivity index (χ2v) is 8.71. The first-order chi connectivity index (χ1) is 18.6. The Balaban J connectivity index is 1.20. The van der Waals surface area contributed by atoms with Crippen LogP contribution in [0.5, 0.6) is 0 Å². The van der Waals surface area contributed by atoms with Crippen LogP contribution in [0.15, 0.2) is 109 Å². The quantitative estimate of drug-likeness (QED) is 0.347. The molecule has 186 valence electrons. The van der Waals surface area contributed by atoms with E-state index in [0.717, 1.165) is 33.4 Å². The van der Waals surface area contributed by atoms with Crippen LogP contribution < -0.4 is 10.9 Å². The Hall–Kier alpha value is -5.31. The lowest BCUT2D eigenvalue weighted by molar-refractivity contribution is 0.155. The number of anilines is 1. The molecule has 0 aliphatic rings. The van der Waals surface area contributed by atoms with E-state index in [2.05, 4.69) is 20.3 Å². The zero-order chi connectivity index (χ0) is 25.9. The van der Waals surface area contributed by atoms with E-state index in [9.17, 15) is 9.59 Å². The molecule has 0 spiro atoms. The molecular formula is C29H22N6O3. The van der Waals surface area contributed by atoms with Crippen molar-refractivity contribution in [3.63, 3.8) is 0 Å². The Labute approximate surface area is 217 Å². The van der Waals surface area contributed by atoms with Gasteiger partial charge in [0.1, 0.15) is 18.1 Å². The minimum atomic E-state index is -0.587. The number of nitrogens with one attached hydrogen (secondary N) is 1. The van der Waals surface area contributed by atoms with Crippen LogP contribution >= 0.6 is 0 Å². The van der Waals surface area contributed by atoms with Crippen molar-refractivity contribution in [3.05, 3.63) is 126 Å². The van der Waals surface area contributed by atoms with E-state index in [4.69, 9.17) is 4.74 Å². The molecule has 5 heterocycles. The van der Waals surface area contributed by atoms with E-state index in [1.54, 1.807) is 47.6 Å². The number of rotatable bonds is 6. The third-order valence-corrected chi connectivity index (χ3v) is 6.14. The molecule has 0 fully saturated rings. The van der Waals surface area contributed by atoms with Crippen molar-refractivity contribution in [2.24, 2.45) is 0 Å². The Morgan fingerprint density at radius 2 is 1.79 bits per heavy atom. The second kappa shape index (κ2) is 9.98. The number of nitrogens with zero attached hydrogens (tertiary/aromatic N) is 5. The smallest absolute Gasteiger partial charge is 0.413 e. The molecule has 38 heavy (non-hydrogen) atoms. The minimum Gasteiger partial charge on any atom is -0.444 e. The molecule has 1 aromatic carbocycles. The van der Waals surface area contributed by atoms with Crippen LogP contribution in [0.4, 0.5) is 10.6 Å². The molecule has 0 saturated carbocycles. The van der Waals surface area contributed by atoms with Gasteiger partial charge in [0.05, 0.1) is 17.6 Å². The standard InChI is InChI=1S/C29H22N6O3/c36-28-25-15-30-14-24(21-6-2-1-3-7-21)23(25)11-13-34(28)17-22-18-35-16-20(9-10-27(35)32-22)19-38-29(37)33-26-8-4-5-12-31-26/h1-16,18H,17,19H2,(H,31,33,37). The number of hydrogen-bond donors (Lipinski definition) is 1. The van der Waals surface area contributed by atoms with Gasteiger partial charge >= 0.3 is 6.09 Å². The average Bonchev–Trinajstić information content (AvgIpc) is 3.36. The molecule has 0 unspecified atom stereocenters. The molecule has 1 N–H and O–H groups in total. The van der Waals surface area contributed by atoms with Crippen molar-refractivity contribution < 1.29 is 9.53 Å². The van der Waals surface area contributed by atoms with Gasteiger partial charge in [0.2, 0.25) is 0 Å². The van der Waals surface area contributed by atoms with Crippen molar-refractivity contribution in [3.8, 4) is 11.1 Å². The number of fused-ring (bicyclic) bond motifs is 2. The average molecular weight is 503 g/mol. The SMILES string of the molecule is O=C(Nc1ccccn1)OCc1ccc2nc(Cn3ccc4c(-c5ccccc5)cncc4c3=O)cn2c1. The van der Waals surface area contributed by atoms with Crippen LogP contribution in [0.25, 0.3) is 27.5 Å². The van der Waals surface area contributed by atoms with E-state index in [0.29, 0.717) is 17.7 Å². The largest absolute Gasteiger partial charge is 0.444 e. The second-order valence-electron chi connectivity index (χ2n) is 8.71. The lowest BCUT2D eigenvalue weighted by Crippen LogP contribution is -2.20. The predicted octanol–water partition coefficient (Wildman–Crippen LogP) is 4.90. The minimum absolute atomic E-state index is 0.0863. The summed E-state index contributed by atoms with van der Waals surface area (Å²) in [4.78, 5) is 38.4. The molecule has 0 aliphatic carbocycles. The molecule has 9 heteroatoms. The molecule has 0 aliphatic heterocycles. The van der Waals surface area contributed by atoms with Crippen LogP contribution in [-0.4, -0.2) is 30.0 Å². The summed E-state index contributed by atoms with van der Waals surface area (Å²) in [7, 11) is 0. The van der Waals surface area contributed by atoms with Crippen molar-refractivity contribution >= 4 is 28.3 Å². The highest BCUT2D eigenvalue weighted by molar-refractivity contribution is 5.95. The maximum absolute atomic E-state index is 13.3. The number of benzene rings is 1. The number of imidazole rings is 1. The van der Waals surface area contributed by atoms with Gasteiger partial charge < -0.3 is 13.7 Å². The molecule has 0 saturated heterocycles. The Kier molecular flexibility index (Phi) is 6.07. The maximum atomic E-state index is 13.3. The molecule has 1 amide bonds. The van der Waals surface area contributed by atoms with E-state index in [-0.39, 0.29) is 12.2 Å². The monoisotopic (exact) mass is 502 g/mol. The number of carbonyl (C=O) groups is 1. The molecule has 0 bridgehead atoms. The Morgan fingerprint density at radius 1 is 0.921 bits per heavy atom. The van der Waals surface area contributed by atoms with E-state index >= 15 is 0 Å². The fourth-order valence-corrected chi connectivity index (χ4v) is 4.33. The maximum Gasteiger partial charge on any atom is 0.413 e. The number of amides is 1. The first kappa shape index (κ1) is 23.1. The van der Waals surface area contributed by atoms with Gasteiger partial charge in [-0.25, -0.2) is 14.8 Å². The number of ether oxygens (including phenoxy) is 1. The summed E-state index contributed by atoms with van der Waals surface area (Å²) < 4.78 is 8.79. The highest BCUT2D eigenvalue weighted by Crippen LogP contribution is 2.25. The highest BCUT2D eigenvalue weighted by atomic mass is 16.5. The summed E-state index contributed by atoms with van der Waals surface area (Å²) in [5.74, 6) is 0.420. The van der Waals surface area contributed by atoms with Gasteiger partial charge in [-0.1, -0.05) is 42.5 Å². The summed E-state index contributed by atoms with van der Waals surface area (Å²) >= 11 is 0. The van der Waals surface area contributed by atoms with Crippen molar-refractivity contribution in [2.45, 2.75) is 13.2 Å². The molecule has 0 atom stereocenters. The van der Waals surface area contributed by atoms with Gasteiger partial charge in [0.25, 0.3) is 5.56 Å². The number of aromatic nitrogens is 5. The van der Waals surface area contributed by atoms with Gasteiger partial charge in [0.15, 0.2) is 0 Å². The molecular weight excluding hydrogens is 480 g/mol. The van der Waals surface area contributed by atoms with Gasteiger partial charge in [0, 0.05) is 48.3 Å². The Bertz CT molecular complexity index is 1810. The lowest BCUT2D eigenvalue weighted by atomic mass is 10.0. The van der Waals surface area contributed by atoms with Crippen LogP contribution in [0.2, 0.25) is 0 Å². The number of hydrogen-bond acceptors (Lipinski definition) is 6. The van der Waals surface area contributed by atoms with Gasteiger partial charge in [-0.05, 0) is 35.2 Å². The summed E-state index contributed by atoms with van der Waals surface area (Å²) in [6.45, 7) is 0.396. The first-order valence-corrected chi connectivity index (χ1v) is 12.0. The first-order valence-electron chi connectivity index (χ1n) is 12.0. The van der Waals surface area contributed by atoms with E-state index in [1.165, 1.54) is 0 Å². The summed E-state index contributed by atoms with van der Waals surface area (Å²) in [6.07, 6.45) is 9.90. The number of carbonyl (C=O) groups excluding carboxylic acids is 1. The van der Waals surface area contributed by atoms with Crippen LogP contribution in [0.1, 0.15) is 11.3 Å². The van der Waals surface area contributed by atoms with Crippen LogP contribution in [0, 0.1) is 0 Å². The van der Waals surface area contributed by atoms with Crippen molar-refractivity contribution in [1.29, 1.82) is 0 Å². The predicted molar refractivity (Wildman–Crippen MR) is 144 cm³/mol. The molecule has 6 aromatic rings. The van der Waals surface area contributed by atoms with Gasteiger partial charge in [-0.3, -0.25) is 15.1 Å². The number of pyridine rings is 4. The fourth-order valence-electron chi connectivity index (χ4n) is 4.33. The van der Waals surface area contributed by atoms with Crippen molar-refractivity contribution in [1.82, 2.24) is 23.9 Å². The lowest BCUT2D eigenvalue weighted by Gasteiger charge is -2.09. The Morgan fingerprint density at radius 3 is 2.63 bits per heavy atom. The van der Waals surface area contributed by atoms with Gasteiger partial charge in [-0.15, -0.1) is 0 Å². The van der Waals surface area contributed by atoms with E-state index in [1.807, 2.05) is 65.3 Å². The topological polar surface area (TPSA) is 103 Å². The normalized spacial score (nSPS) is 11.1. The van der Waals surface area contributed by atoms with Crippen LogP contribution in [-0.2, 0) is 17.9 Å². The highest BCUT2D eigenvalue weighted by Gasteiger charge is 2.11. The molecule has 6 rings (SSSR count). The molecule has 0 radical (unpaired) electrons. The van der Waals surface area contributed by atoms with Crippen LogP contribution in [0.3, 0.4) is 0 Å². The molecule has 5 aromatic heterocycles. The van der Waals surface area contributed by atoms with E-state index < -0.39 is 6.09 Å². The van der Waals surface area contributed by atoms with Crippen molar-refractivity contribution in [2.75, 3.05) is 5.32 Å². The third-order valence-electron chi connectivity index (χ3n) is 6.14. The zero-order valence-corrected chi connectivity index (χ0v) is 20.2. The van der Waals surface area contributed by atoms with Gasteiger partial charge in [-0.2, -0.15) is 0 Å². The zero-order valence-electron chi connectivity index (χ0n) is 20.2. The molecule has 9 nitrogen and oxygen atoms in total. The fraction of sp³-hybridized carbons (Fsp3) is 0.0690.